The Labute approximate surface area is 88.9 Å². The molecule has 0 bridgehead atoms. The van der Waals surface area contributed by atoms with E-state index in [1.54, 1.807) is 13.4 Å². The molecule has 2 aromatic rings. The summed E-state index contributed by atoms with van der Waals surface area (Å²) >= 11 is 0. The zero-order valence-corrected chi connectivity index (χ0v) is 9.48. The minimum absolute atomic E-state index is 0.383. The molecule has 0 unspecified atom stereocenters. The van der Waals surface area contributed by atoms with Crippen molar-refractivity contribution in [2.75, 3.05) is 7.11 Å². The molecule has 80 valence electrons. The van der Waals surface area contributed by atoms with Crippen LogP contribution in [0.1, 0.15) is 31.0 Å². The fourth-order valence-corrected chi connectivity index (χ4v) is 1.79. The van der Waals surface area contributed by atoms with Crippen molar-refractivity contribution < 1.29 is 4.74 Å². The molecule has 0 aliphatic heterocycles. The van der Waals surface area contributed by atoms with Gasteiger partial charge in [0.15, 0.2) is 0 Å². The molecule has 0 N–H and O–H groups in total. The minimum Gasteiger partial charge on any atom is -0.495 e. The van der Waals surface area contributed by atoms with Crippen LogP contribution in [-0.4, -0.2) is 21.7 Å². The van der Waals surface area contributed by atoms with Gasteiger partial charge < -0.3 is 4.74 Å². The lowest BCUT2D eigenvalue weighted by Gasteiger charge is -2.06. The lowest BCUT2D eigenvalue weighted by atomic mass is 10.1. The maximum atomic E-state index is 5.28. The summed E-state index contributed by atoms with van der Waals surface area (Å²) in [6.45, 7) is 6.28. The first kappa shape index (κ1) is 9.96. The number of ether oxygens (including phenoxy) is 1. The second-order valence-corrected chi connectivity index (χ2v) is 3.92. The van der Waals surface area contributed by atoms with Crippen molar-refractivity contribution in [1.82, 2.24) is 14.6 Å². The molecule has 2 aromatic heterocycles. The first-order valence-electron chi connectivity index (χ1n) is 5.02. The second-order valence-electron chi connectivity index (χ2n) is 3.92. The summed E-state index contributed by atoms with van der Waals surface area (Å²) in [7, 11) is 1.67. The number of methoxy groups -OCH3 is 1. The maximum Gasteiger partial charge on any atom is 0.142 e. The van der Waals surface area contributed by atoms with Crippen molar-refractivity contribution in [3.05, 3.63) is 23.8 Å². The van der Waals surface area contributed by atoms with E-state index in [0.29, 0.717) is 5.92 Å². The van der Waals surface area contributed by atoms with Gasteiger partial charge in [0.25, 0.3) is 0 Å². The second kappa shape index (κ2) is 3.53. The standard InChI is InChI=1S/C11H15N3O/c1-7(2)10-11-8(3)9(15-4)5-14(11)13-6-12-10/h5-7H,1-4H3. The van der Waals surface area contributed by atoms with Crippen LogP contribution in [0.2, 0.25) is 0 Å². The van der Waals surface area contributed by atoms with Gasteiger partial charge in [-0.1, -0.05) is 13.8 Å². The Kier molecular flexibility index (Phi) is 2.34. The molecule has 0 spiro atoms. The molecule has 2 rings (SSSR count). The van der Waals surface area contributed by atoms with Gasteiger partial charge in [0.1, 0.15) is 12.1 Å². The van der Waals surface area contributed by atoms with E-state index in [9.17, 15) is 0 Å². The molecular formula is C11H15N3O. The number of aryl methyl sites for hydroxylation is 1. The van der Waals surface area contributed by atoms with Crippen LogP contribution in [0, 0.1) is 6.92 Å². The summed E-state index contributed by atoms with van der Waals surface area (Å²) in [5.41, 5.74) is 3.22. The summed E-state index contributed by atoms with van der Waals surface area (Å²) in [5, 5.41) is 4.18. The largest absolute Gasteiger partial charge is 0.495 e. The van der Waals surface area contributed by atoms with Gasteiger partial charge in [0.05, 0.1) is 24.5 Å². The number of aromatic nitrogens is 3. The van der Waals surface area contributed by atoms with Crippen LogP contribution in [0.25, 0.3) is 5.52 Å². The van der Waals surface area contributed by atoms with E-state index >= 15 is 0 Å². The third-order valence-electron chi connectivity index (χ3n) is 2.58. The molecule has 0 aliphatic rings. The van der Waals surface area contributed by atoms with Crippen molar-refractivity contribution in [1.29, 1.82) is 0 Å². The lowest BCUT2D eigenvalue weighted by molar-refractivity contribution is 0.412. The highest BCUT2D eigenvalue weighted by molar-refractivity contribution is 5.64. The Balaban J connectivity index is 2.78. The third kappa shape index (κ3) is 1.46. The molecule has 0 saturated carbocycles. The molecule has 15 heavy (non-hydrogen) atoms. The van der Waals surface area contributed by atoms with Gasteiger partial charge in [-0.25, -0.2) is 9.50 Å². The van der Waals surface area contributed by atoms with Gasteiger partial charge in [-0.05, 0) is 12.8 Å². The Morgan fingerprint density at radius 2 is 2.13 bits per heavy atom. The molecule has 0 atom stereocenters. The van der Waals surface area contributed by atoms with Gasteiger partial charge in [0, 0.05) is 5.56 Å². The van der Waals surface area contributed by atoms with Crippen LogP contribution in [-0.2, 0) is 0 Å². The molecule has 0 saturated heterocycles. The minimum atomic E-state index is 0.383. The Bertz CT molecular complexity index is 488. The van der Waals surface area contributed by atoms with Crippen LogP contribution in [0.15, 0.2) is 12.5 Å². The third-order valence-corrected chi connectivity index (χ3v) is 2.58. The Morgan fingerprint density at radius 3 is 2.73 bits per heavy atom. The summed E-state index contributed by atoms with van der Waals surface area (Å²) < 4.78 is 7.11. The summed E-state index contributed by atoms with van der Waals surface area (Å²) in [6.07, 6.45) is 3.47. The average Bonchev–Trinajstić information content (AvgIpc) is 2.55. The van der Waals surface area contributed by atoms with E-state index in [4.69, 9.17) is 4.74 Å². The zero-order valence-electron chi connectivity index (χ0n) is 9.48. The predicted octanol–water partition coefficient (Wildman–Crippen LogP) is 2.17. The van der Waals surface area contributed by atoms with Gasteiger partial charge in [-0.3, -0.25) is 0 Å². The highest BCUT2D eigenvalue weighted by atomic mass is 16.5. The smallest absolute Gasteiger partial charge is 0.142 e. The highest BCUT2D eigenvalue weighted by Gasteiger charge is 2.14. The van der Waals surface area contributed by atoms with Gasteiger partial charge in [-0.15, -0.1) is 0 Å². The number of hydrogen-bond acceptors (Lipinski definition) is 3. The monoisotopic (exact) mass is 205 g/mol. The topological polar surface area (TPSA) is 39.4 Å². The predicted molar refractivity (Wildman–Crippen MR) is 58.4 cm³/mol. The molecule has 0 aromatic carbocycles. The van der Waals surface area contributed by atoms with Gasteiger partial charge in [-0.2, -0.15) is 5.10 Å². The molecule has 4 heteroatoms. The molecule has 0 fully saturated rings. The molecule has 2 heterocycles. The van der Waals surface area contributed by atoms with Gasteiger partial charge >= 0.3 is 0 Å². The highest BCUT2D eigenvalue weighted by Crippen LogP contribution is 2.28. The quantitative estimate of drug-likeness (QED) is 0.754. The van der Waals surface area contributed by atoms with Crippen molar-refractivity contribution in [2.45, 2.75) is 26.7 Å². The van der Waals surface area contributed by atoms with Crippen LogP contribution in [0.3, 0.4) is 0 Å². The summed E-state index contributed by atoms with van der Waals surface area (Å²) in [4.78, 5) is 4.33. The van der Waals surface area contributed by atoms with Crippen molar-refractivity contribution in [3.63, 3.8) is 0 Å². The molecule has 0 amide bonds. The van der Waals surface area contributed by atoms with Crippen molar-refractivity contribution in [3.8, 4) is 5.75 Å². The van der Waals surface area contributed by atoms with E-state index in [1.807, 2.05) is 17.6 Å². The maximum absolute atomic E-state index is 5.28. The van der Waals surface area contributed by atoms with E-state index in [2.05, 4.69) is 23.9 Å². The van der Waals surface area contributed by atoms with Crippen LogP contribution in [0.5, 0.6) is 5.75 Å². The van der Waals surface area contributed by atoms with Crippen LogP contribution >= 0.6 is 0 Å². The zero-order chi connectivity index (χ0) is 11.0. The molecular weight excluding hydrogens is 190 g/mol. The fourth-order valence-electron chi connectivity index (χ4n) is 1.79. The fraction of sp³-hybridized carbons (Fsp3) is 0.455. The summed E-state index contributed by atoms with van der Waals surface area (Å²) in [6, 6.07) is 0. The number of hydrogen-bond donors (Lipinski definition) is 0. The van der Waals surface area contributed by atoms with E-state index in [-0.39, 0.29) is 0 Å². The average molecular weight is 205 g/mol. The molecule has 0 radical (unpaired) electrons. The Morgan fingerprint density at radius 1 is 1.40 bits per heavy atom. The number of fused-ring (bicyclic) bond motifs is 1. The first-order chi connectivity index (χ1) is 7.15. The number of rotatable bonds is 2. The first-order valence-corrected chi connectivity index (χ1v) is 5.02. The van der Waals surface area contributed by atoms with Gasteiger partial charge in [0.2, 0.25) is 0 Å². The van der Waals surface area contributed by atoms with E-state index < -0.39 is 0 Å². The molecule has 0 aliphatic carbocycles. The van der Waals surface area contributed by atoms with Crippen molar-refractivity contribution in [2.24, 2.45) is 0 Å². The van der Waals surface area contributed by atoms with E-state index in [1.165, 1.54) is 0 Å². The van der Waals surface area contributed by atoms with Crippen molar-refractivity contribution >= 4 is 5.52 Å². The lowest BCUT2D eigenvalue weighted by Crippen LogP contribution is -2.00. The Hall–Kier alpha value is -1.58. The molecule has 4 nitrogen and oxygen atoms in total. The van der Waals surface area contributed by atoms with E-state index in [0.717, 1.165) is 22.5 Å². The van der Waals surface area contributed by atoms with Crippen LogP contribution < -0.4 is 4.74 Å². The SMILES string of the molecule is COc1cn2ncnc(C(C)C)c2c1C. The number of nitrogens with zero attached hydrogens (tertiary/aromatic N) is 3. The van der Waals surface area contributed by atoms with Crippen LogP contribution in [0.4, 0.5) is 0 Å². The normalized spacial score (nSPS) is 11.3. The summed E-state index contributed by atoms with van der Waals surface area (Å²) in [5.74, 6) is 1.24.